The number of aromatic nitrogens is 6. The van der Waals surface area contributed by atoms with Gasteiger partial charge in [0.05, 0.1) is 24.7 Å². The SMILES string of the molecule is CCNC(=O)c1cnn(-c2nc(NCc3ccccc3)c3ncn([C@@H]4O[C@H](CO)[C@@H](O)[C@H]4O)c3n2)c1. The van der Waals surface area contributed by atoms with Crippen LogP contribution in [0.5, 0.6) is 0 Å². The molecule has 13 heteroatoms. The van der Waals surface area contributed by atoms with Crippen molar-refractivity contribution in [1.29, 1.82) is 0 Å². The van der Waals surface area contributed by atoms with Crippen molar-refractivity contribution >= 4 is 22.9 Å². The molecule has 0 unspecified atom stereocenters. The second kappa shape index (κ2) is 9.99. The third-order valence-corrected chi connectivity index (χ3v) is 5.89. The van der Waals surface area contributed by atoms with Crippen LogP contribution in [0.1, 0.15) is 29.1 Å². The van der Waals surface area contributed by atoms with E-state index < -0.39 is 31.1 Å². The highest BCUT2D eigenvalue weighted by Crippen LogP contribution is 2.32. The third-order valence-electron chi connectivity index (χ3n) is 5.89. The number of hydrogen-bond acceptors (Lipinski definition) is 10. The Hall–Kier alpha value is -3.91. The Labute approximate surface area is 205 Å². The van der Waals surface area contributed by atoms with Crippen molar-refractivity contribution in [3.8, 4) is 5.95 Å². The second-order valence-electron chi connectivity index (χ2n) is 8.30. The van der Waals surface area contributed by atoms with Gasteiger partial charge in [-0.1, -0.05) is 30.3 Å². The first-order chi connectivity index (χ1) is 17.5. The van der Waals surface area contributed by atoms with Crippen LogP contribution in [-0.4, -0.2) is 82.0 Å². The number of rotatable bonds is 8. The molecule has 0 saturated carbocycles. The van der Waals surface area contributed by atoms with E-state index in [1.807, 2.05) is 37.3 Å². The van der Waals surface area contributed by atoms with E-state index in [0.29, 0.717) is 35.6 Å². The van der Waals surface area contributed by atoms with E-state index in [1.54, 1.807) is 0 Å². The van der Waals surface area contributed by atoms with E-state index in [4.69, 9.17) is 4.74 Å². The van der Waals surface area contributed by atoms with Gasteiger partial charge in [-0.2, -0.15) is 15.1 Å². The van der Waals surface area contributed by atoms with E-state index in [2.05, 4.69) is 30.7 Å². The molecular weight excluding hydrogens is 468 g/mol. The number of benzene rings is 1. The molecule has 1 aromatic carbocycles. The van der Waals surface area contributed by atoms with Crippen LogP contribution in [-0.2, 0) is 11.3 Å². The van der Waals surface area contributed by atoms with Gasteiger partial charge in [-0.3, -0.25) is 9.36 Å². The van der Waals surface area contributed by atoms with Crippen molar-refractivity contribution in [2.75, 3.05) is 18.5 Å². The number of hydrogen-bond donors (Lipinski definition) is 5. The summed E-state index contributed by atoms with van der Waals surface area (Å²) in [5.74, 6) is 0.283. The van der Waals surface area contributed by atoms with Crippen LogP contribution in [0.25, 0.3) is 17.1 Å². The lowest BCUT2D eigenvalue weighted by Crippen LogP contribution is -2.33. The van der Waals surface area contributed by atoms with Crippen LogP contribution in [0.4, 0.5) is 5.82 Å². The van der Waals surface area contributed by atoms with Gasteiger partial charge < -0.3 is 30.7 Å². The molecule has 3 aromatic heterocycles. The number of carbonyl (C=O) groups excluding carboxylic acids is 1. The van der Waals surface area contributed by atoms with E-state index in [-0.39, 0.29) is 11.9 Å². The molecule has 0 radical (unpaired) electrons. The Kier molecular flexibility index (Phi) is 6.61. The Morgan fingerprint density at radius 2 is 1.97 bits per heavy atom. The first-order valence-corrected chi connectivity index (χ1v) is 11.5. The maximum Gasteiger partial charge on any atom is 0.254 e. The number of aliphatic hydroxyl groups is 3. The molecule has 13 nitrogen and oxygen atoms in total. The fraction of sp³-hybridized carbons (Fsp3) is 0.348. The maximum absolute atomic E-state index is 12.2. The van der Waals surface area contributed by atoms with Crippen LogP contribution in [0, 0.1) is 0 Å². The smallest absolute Gasteiger partial charge is 0.254 e. The number of nitrogens with one attached hydrogen (secondary N) is 2. The number of imidazole rings is 1. The van der Waals surface area contributed by atoms with Crippen LogP contribution in [0.3, 0.4) is 0 Å². The van der Waals surface area contributed by atoms with Crippen LogP contribution in [0.15, 0.2) is 49.1 Å². The highest BCUT2D eigenvalue weighted by atomic mass is 16.6. The summed E-state index contributed by atoms with van der Waals surface area (Å²) in [5.41, 5.74) is 2.08. The molecule has 5 rings (SSSR count). The molecule has 36 heavy (non-hydrogen) atoms. The lowest BCUT2D eigenvalue weighted by molar-refractivity contribution is -0.0511. The van der Waals surface area contributed by atoms with Crippen molar-refractivity contribution in [3.05, 3.63) is 60.2 Å². The summed E-state index contributed by atoms with van der Waals surface area (Å²) in [6.45, 7) is 2.30. The molecular formula is C23H26N8O5. The highest BCUT2D eigenvalue weighted by molar-refractivity contribution is 5.93. The predicted octanol–water partition coefficient (Wildman–Crippen LogP) is -0.0147. The number of carbonyl (C=O) groups is 1. The van der Waals surface area contributed by atoms with E-state index in [9.17, 15) is 20.1 Å². The Morgan fingerprint density at radius 1 is 1.17 bits per heavy atom. The lowest BCUT2D eigenvalue weighted by atomic mass is 10.1. The van der Waals surface area contributed by atoms with Crippen LogP contribution in [0.2, 0.25) is 0 Å². The van der Waals surface area contributed by atoms with Gasteiger partial charge in [0.25, 0.3) is 11.9 Å². The molecule has 0 aliphatic carbocycles. The number of ether oxygens (including phenoxy) is 1. The van der Waals surface area contributed by atoms with Crippen LogP contribution >= 0.6 is 0 Å². The molecule has 0 spiro atoms. The second-order valence-corrected chi connectivity index (χ2v) is 8.30. The lowest BCUT2D eigenvalue weighted by Gasteiger charge is -2.17. The number of fused-ring (bicyclic) bond motifs is 1. The summed E-state index contributed by atoms with van der Waals surface area (Å²) in [6, 6.07) is 9.73. The average Bonchev–Trinajstić information content (AvgIpc) is 3.62. The molecule has 4 heterocycles. The third kappa shape index (κ3) is 4.40. The quantitative estimate of drug-likeness (QED) is 0.224. The standard InChI is InChI=1S/C23H26N8O5/c1-2-24-21(35)14-9-27-31(10-14)23-28-19(25-8-13-6-4-3-5-7-13)16-20(29-23)30(12-26-16)22-18(34)17(33)15(11-32)36-22/h3-7,9-10,12,15,17-18,22,32-34H,2,8,11H2,1H3,(H,24,35)(H,25,28,29)/t15-,17-,18-,22-/m1/s1. The molecule has 4 atom stereocenters. The Morgan fingerprint density at radius 3 is 2.69 bits per heavy atom. The highest BCUT2D eigenvalue weighted by Gasteiger charge is 2.44. The zero-order valence-corrected chi connectivity index (χ0v) is 19.4. The first-order valence-electron chi connectivity index (χ1n) is 11.5. The molecule has 5 N–H and O–H groups in total. The summed E-state index contributed by atoms with van der Waals surface area (Å²) in [6.07, 6.45) is -0.215. The van der Waals surface area contributed by atoms with Gasteiger partial charge in [0.2, 0.25) is 0 Å². The minimum Gasteiger partial charge on any atom is -0.394 e. The summed E-state index contributed by atoms with van der Waals surface area (Å²) in [4.78, 5) is 25.8. The summed E-state index contributed by atoms with van der Waals surface area (Å²) in [5, 5.41) is 40.5. The molecule has 0 bridgehead atoms. The minimum absolute atomic E-state index is 0.155. The number of aliphatic hydroxyl groups excluding tert-OH is 3. The monoisotopic (exact) mass is 494 g/mol. The predicted molar refractivity (Wildman–Crippen MR) is 127 cm³/mol. The molecule has 1 saturated heterocycles. The first kappa shape index (κ1) is 23.8. The molecule has 1 aliphatic heterocycles. The van der Waals surface area contributed by atoms with Crippen molar-refractivity contribution in [3.63, 3.8) is 0 Å². The van der Waals surface area contributed by atoms with Gasteiger partial charge >= 0.3 is 0 Å². The molecule has 1 fully saturated rings. The van der Waals surface area contributed by atoms with Crippen molar-refractivity contribution in [1.82, 2.24) is 34.6 Å². The minimum atomic E-state index is -1.31. The number of amides is 1. The van der Waals surface area contributed by atoms with E-state index in [0.717, 1.165) is 5.56 Å². The molecule has 1 amide bonds. The average molecular weight is 495 g/mol. The van der Waals surface area contributed by atoms with E-state index in [1.165, 1.54) is 28.0 Å². The van der Waals surface area contributed by atoms with Gasteiger partial charge in [-0.25, -0.2) is 9.67 Å². The van der Waals surface area contributed by atoms with Gasteiger partial charge in [0.1, 0.15) is 18.3 Å². The number of nitrogens with zero attached hydrogens (tertiary/aromatic N) is 6. The maximum atomic E-state index is 12.2. The Balaban J connectivity index is 1.56. The largest absolute Gasteiger partial charge is 0.394 e. The Bertz CT molecular complexity index is 1360. The summed E-state index contributed by atoms with van der Waals surface area (Å²) >= 11 is 0. The van der Waals surface area contributed by atoms with E-state index >= 15 is 0 Å². The normalized spacial score (nSPS) is 21.7. The zero-order chi connectivity index (χ0) is 25.2. The van der Waals surface area contributed by atoms with Gasteiger partial charge in [-0.15, -0.1) is 0 Å². The molecule has 1 aliphatic rings. The van der Waals surface area contributed by atoms with Crippen molar-refractivity contribution in [2.24, 2.45) is 0 Å². The number of anilines is 1. The molecule has 188 valence electrons. The van der Waals surface area contributed by atoms with Crippen molar-refractivity contribution < 1.29 is 24.9 Å². The van der Waals surface area contributed by atoms with Gasteiger partial charge in [0, 0.05) is 19.3 Å². The van der Waals surface area contributed by atoms with Crippen molar-refractivity contribution in [2.45, 2.75) is 38.0 Å². The molecule has 4 aromatic rings. The van der Waals surface area contributed by atoms with Gasteiger partial charge in [-0.05, 0) is 12.5 Å². The van der Waals surface area contributed by atoms with Gasteiger partial charge in [0.15, 0.2) is 23.2 Å². The topological polar surface area (TPSA) is 172 Å². The fourth-order valence-electron chi connectivity index (χ4n) is 4.02. The summed E-state index contributed by atoms with van der Waals surface area (Å²) < 4.78 is 8.53. The zero-order valence-electron chi connectivity index (χ0n) is 19.4. The summed E-state index contributed by atoms with van der Waals surface area (Å²) in [7, 11) is 0. The van der Waals surface area contributed by atoms with Crippen LogP contribution < -0.4 is 10.6 Å². The fourth-order valence-corrected chi connectivity index (χ4v) is 4.02.